The average Bonchev–Trinajstić information content (AvgIpc) is 2.78. The van der Waals surface area contributed by atoms with E-state index in [0.717, 1.165) is 49.8 Å². The fourth-order valence-electron chi connectivity index (χ4n) is 3.98. The summed E-state index contributed by atoms with van der Waals surface area (Å²) in [5.74, 6) is 1.44. The van der Waals surface area contributed by atoms with Crippen LogP contribution < -0.4 is 14.4 Å². The maximum Gasteiger partial charge on any atom is 0.169 e. The first-order valence-corrected chi connectivity index (χ1v) is 10.1. The number of piperazine rings is 1. The molecule has 0 aliphatic carbocycles. The monoisotopic (exact) mass is 390 g/mol. The molecule has 5 heteroatoms. The van der Waals surface area contributed by atoms with Crippen molar-refractivity contribution in [1.29, 1.82) is 0 Å². The molecule has 1 aliphatic heterocycles. The van der Waals surface area contributed by atoms with Gasteiger partial charge < -0.3 is 14.4 Å². The number of hydrogen-bond acceptors (Lipinski definition) is 4. The molecule has 4 rings (SSSR count). The molecule has 150 valence electrons. The van der Waals surface area contributed by atoms with E-state index < -0.39 is 0 Å². The number of nitrogens with zero attached hydrogens (tertiary/aromatic N) is 2. The smallest absolute Gasteiger partial charge is 0.169 e. The molecule has 5 nitrogen and oxygen atoms in total. The molecule has 1 N–H and O–H groups in total. The molecular formula is C24H28N3O2+. The fourth-order valence-corrected chi connectivity index (χ4v) is 3.98. The Morgan fingerprint density at radius 1 is 0.931 bits per heavy atom. The number of hydrazone groups is 1. The lowest BCUT2D eigenvalue weighted by molar-refractivity contribution is -0.918. The van der Waals surface area contributed by atoms with Gasteiger partial charge in [0.1, 0.15) is 6.54 Å². The van der Waals surface area contributed by atoms with Gasteiger partial charge in [0.05, 0.1) is 46.6 Å². The minimum atomic E-state index is 0.721. The molecule has 3 aromatic rings. The van der Waals surface area contributed by atoms with E-state index in [1.807, 2.05) is 24.4 Å². The molecular weight excluding hydrogens is 362 g/mol. The molecule has 1 aliphatic rings. The van der Waals surface area contributed by atoms with Crippen LogP contribution in [0.15, 0.2) is 65.8 Å². The summed E-state index contributed by atoms with van der Waals surface area (Å²) in [5.41, 5.74) is 2.36. The van der Waals surface area contributed by atoms with Crippen LogP contribution in [-0.2, 0) is 6.54 Å². The van der Waals surface area contributed by atoms with Gasteiger partial charge in [0, 0.05) is 11.1 Å². The molecule has 0 bridgehead atoms. The van der Waals surface area contributed by atoms with Crippen LogP contribution in [0.1, 0.15) is 11.1 Å². The van der Waals surface area contributed by atoms with Crippen molar-refractivity contribution in [3.63, 3.8) is 0 Å². The van der Waals surface area contributed by atoms with E-state index in [1.165, 1.54) is 16.3 Å². The third-order valence-corrected chi connectivity index (χ3v) is 5.56. The van der Waals surface area contributed by atoms with Gasteiger partial charge >= 0.3 is 0 Å². The molecule has 0 unspecified atom stereocenters. The minimum Gasteiger partial charge on any atom is -0.493 e. The van der Waals surface area contributed by atoms with Crippen LogP contribution in [0.5, 0.6) is 11.5 Å². The SMILES string of the molecule is COc1cccc(/C=N\N2CC[NH+](Cc3cccc4ccccc34)CC2)c1OC. The Bertz CT molecular complexity index is 989. The molecule has 1 fully saturated rings. The molecule has 0 radical (unpaired) electrons. The molecule has 0 amide bonds. The third-order valence-electron chi connectivity index (χ3n) is 5.56. The van der Waals surface area contributed by atoms with E-state index in [9.17, 15) is 0 Å². The van der Waals surface area contributed by atoms with Crippen molar-refractivity contribution in [2.45, 2.75) is 6.54 Å². The lowest BCUT2D eigenvalue weighted by atomic mass is 10.0. The van der Waals surface area contributed by atoms with Gasteiger partial charge in [0.25, 0.3) is 0 Å². The highest BCUT2D eigenvalue weighted by molar-refractivity contribution is 5.85. The van der Waals surface area contributed by atoms with Gasteiger partial charge in [0.2, 0.25) is 0 Å². The van der Waals surface area contributed by atoms with E-state index in [1.54, 1.807) is 19.1 Å². The summed E-state index contributed by atoms with van der Waals surface area (Å²) < 4.78 is 10.9. The van der Waals surface area contributed by atoms with Crippen LogP contribution in [0.4, 0.5) is 0 Å². The molecule has 0 saturated carbocycles. The van der Waals surface area contributed by atoms with Gasteiger partial charge in [-0.1, -0.05) is 48.5 Å². The van der Waals surface area contributed by atoms with Gasteiger partial charge in [-0.3, -0.25) is 5.01 Å². The maximum atomic E-state index is 5.49. The summed E-state index contributed by atoms with van der Waals surface area (Å²) >= 11 is 0. The Balaban J connectivity index is 1.38. The summed E-state index contributed by atoms with van der Waals surface area (Å²) in [6.07, 6.45) is 1.87. The van der Waals surface area contributed by atoms with Crippen molar-refractivity contribution >= 4 is 17.0 Å². The molecule has 0 spiro atoms. The zero-order chi connectivity index (χ0) is 20.1. The van der Waals surface area contributed by atoms with Crippen molar-refractivity contribution < 1.29 is 14.4 Å². The third kappa shape index (κ3) is 4.35. The summed E-state index contributed by atoms with van der Waals surface area (Å²) in [7, 11) is 3.31. The van der Waals surface area contributed by atoms with Crippen LogP contribution in [0.25, 0.3) is 10.8 Å². The number of quaternary nitrogens is 1. The highest BCUT2D eigenvalue weighted by atomic mass is 16.5. The van der Waals surface area contributed by atoms with Crippen LogP contribution in [-0.4, -0.2) is 51.6 Å². The summed E-state index contributed by atoms with van der Waals surface area (Å²) in [5, 5.41) is 9.52. The van der Waals surface area contributed by atoms with Crippen molar-refractivity contribution in [3.8, 4) is 11.5 Å². The minimum absolute atomic E-state index is 0.721. The molecule has 3 aromatic carbocycles. The van der Waals surface area contributed by atoms with E-state index in [2.05, 4.69) is 52.6 Å². The molecule has 0 atom stereocenters. The second-order valence-electron chi connectivity index (χ2n) is 7.35. The Morgan fingerprint density at radius 2 is 1.69 bits per heavy atom. The maximum absolute atomic E-state index is 5.49. The number of ether oxygens (including phenoxy) is 2. The van der Waals surface area contributed by atoms with Crippen molar-refractivity contribution in [2.75, 3.05) is 40.4 Å². The molecule has 1 saturated heterocycles. The van der Waals surface area contributed by atoms with Gasteiger partial charge in [0.15, 0.2) is 11.5 Å². The second kappa shape index (κ2) is 8.97. The standard InChI is InChI=1S/C24H27N3O2/c1-28-23-12-6-9-20(24(23)29-2)17-25-27-15-13-26(14-16-27)18-21-10-5-8-19-7-3-4-11-22(19)21/h3-12,17H,13-16,18H2,1-2H3/p+1/b25-17-. The van der Waals surface area contributed by atoms with Gasteiger partial charge in [-0.05, 0) is 22.9 Å². The van der Waals surface area contributed by atoms with Crippen molar-refractivity contribution in [2.24, 2.45) is 5.10 Å². The van der Waals surface area contributed by atoms with Gasteiger partial charge in [-0.25, -0.2) is 0 Å². The molecule has 29 heavy (non-hydrogen) atoms. The highest BCUT2D eigenvalue weighted by Crippen LogP contribution is 2.29. The van der Waals surface area contributed by atoms with E-state index in [4.69, 9.17) is 9.47 Å². The highest BCUT2D eigenvalue weighted by Gasteiger charge is 2.19. The zero-order valence-electron chi connectivity index (χ0n) is 17.1. The lowest BCUT2D eigenvalue weighted by Crippen LogP contribution is -3.13. The second-order valence-corrected chi connectivity index (χ2v) is 7.35. The first-order chi connectivity index (χ1) is 14.3. The van der Waals surface area contributed by atoms with Crippen LogP contribution in [0, 0.1) is 0 Å². The number of hydrogen-bond donors (Lipinski definition) is 1. The topological polar surface area (TPSA) is 38.5 Å². The van der Waals surface area contributed by atoms with E-state index in [0.29, 0.717) is 0 Å². The van der Waals surface area contributed by atoms with Crippen molar-refractivity contribution in [1.82, 2.24) is 5.01 Å². The Hall–Kier alpha value is -3.05. The summed E-state index contributed by atoms with van der Waals surface area (Å²) in [6.45, 7) is 5.11. The molecule has 1 heterocycles. The Morgan fingerprint density at radius 3 is 2.48 bits per heavy atom. The largest absolute Gasteiger partial charge is 0.493 e. The summed E-state index contributed by atoms with van der Waals surface area (Å²) in [6, 6.07) is 21.1. The van der Waals surface area contributed by atoms with E-state index in [-0.39, 0.29) is 0 Å². The number of fused-ring (bicyclic) bond motifs is 1. The number of rotatable bonds is 6. The Labute approximate surface area is 172 Å². The van der Waals surface area contributed by atoms with Gasteiger partial charge in [-0.2, -0.15) is 5.10 Å². The first-order valence-electron chi connectivity index (χ1n) is 10.1. The average molecular weight is 391 g/mol. The van der Waals surface area contributed by atoms with Crippen LogP contribution in [0.3, 0.4) is 0 Å². The van der Waals surface area contributed by atoms with Crippen molar-refractivity contribution in [3.05, 3.63) is 71.8 Å². The zero-order valence-corrected chi connectivity index (χ0v) is 17.1. The van der Waals surface area contributed by atoms with Crippen LogP contribution in [0.2, 0.25) is 0 Å². The number of methoxy groups -OCH3 is 2. The molecule has 0 aromatic heterocycles. The number of nitrogens with one attached hydrogen (secondary N) is 1. The predicted octanol–water partition coefficient (Wildman–Crippen LogP) is 2.59. The normalized spacial score (nSPS) is 15.2. The van der Waals surface area contributed by atoms with Crippen LogP contribution >= 0.6 is 0 Å². The summed E-state index contributed by atoms with van der Waals surface area (Å²) in [4.78, 5) is 1.60. The number of benzene rings is 3. The Kier molecular flexibility index (Phi) is 5.96. The number of para-hydroxylation sites is 1. The first kappa shape index (κ1) is 19.3. The van der Waals surface area contributed by atoms with E-state index >= 15 is 0 Å². The van der Waals surface area contributed by atoms with Gasteiger partial charge in [-0.15, -0.1) is 0 Å². The fraction of sp³-hybridized carbons (Fsp3) is 0.292. The quantitative estimate of drug-likeness (QED) is 0.658. The predicted molar refractivity (Wildman–Crippen MR) is 117 cm³/mol. The lowest BCUT2D eigenvalue weighted by Gasteiger charge is -2.30.